The van der Waals surface area contributed by atoms with Gasteiger partial charge < -0.3 is 5.32 Å². The van der Waals surface area contributed by atoms with Gasteiger partial charge in [0.25, 0.3) is 5.91 Å². The van der Waals surface area contributed by atoms with E-state index in [1.54, 1.807) is 28.8 Å². The molecule has 0 aliphatic heterocycles. The van der Waals surface area contributed by atoms with Gasteiger partial charge in [-0.1, -0.05) is 19.9 Å². The molecular formula is C20H20N8OS. The number of nitrogens with one attached hydrogen (secondary N) is 3. The van der Waals surface area contributed by atoms with Crippen LogP contribution in [-0.2, 0) is 6.54 Å². The third-order valence-corrected chi connectivity index (χ3v) is 4.94. The zero-order valence-electron chi connectivity index (χ0n) is 16.5. The number of H-pyrrole nitrogens is 2. The monoisotopic (exact) mass is 420 g/mol. The first-order chi connectivity index (χ1) is 14.8. The minimum atomic E-state index is -0.296. The summed E-state index contributed by atoms with van der Waals surface area (Å²) in [6.45, 7) is 4.56. The van der Waals surface area contributed by atoms with E-state index >= 15 is 0 Å². The van der Waals surface area contributed by atoms with Gasteiger partial charge in [-0.05, 0) is 17.7 Å². The van der Waals surface area contributed by atoms with Crippen molar-refractivity contribution in [2.24, 2.45) is 0 Å². The second-order valence-corrected chi connectivity index (χ2v) is 6.90. The van der Waals surface area contributed by atoms with Crippen LogP contribution in [0.5, 0.6) is 0 Å². The number of aromatic amines is 2. The van der Waals surface area contributed by atoms with Crippen LogP contribution in [0, 0.1) is 0 Å². The van der Waals surface area contributed by atoms with Crippen LogP contribution in [0.15, 0.2) is 53.9 Å². The number of nitrogens with zero attached hydrogens (tertiary/aromatic N) is 5. The highest BCUT2D eigenvalue weighted by atomic mass is 32.1. The minimum absolute atomic E-state index is 0.296. The summed E-state index contributed by atoms with van der Waals surface area (Å²) < 4.78 is 1.73. The van der Waals surface area contributed by atoms with Gasteiger partial charge in [0.05, 0.1) is 41.3 Å². The van der Waals surface area contributed by atoms with Gasteiger partial charge in [0.1, 0.15) is 0 Å². The van der Waals surface area contributed by atoms with Crippen molar-refractivity contribution in [2.45, 2.75) is 20.4 Å². The number of anilines is 1. The highest BCUT2D eigenvalue weighted by molar-refractivity contribution is 7.07. The number of fused-ring (bicyclic) bond motifs is 1. The summed E-state index contributed by atoms with van der Waals surface area (Å²) >= 11 is 1.54. The third kappa shape index (κ3) is 3.98. The first-order valence-electron chi connectivity index (χ1n) is 9.44. The van der Waals surface area contributed by atoms with Crippen LogP contribution in [-0.4, -0.2) is 41.1 Å². The number of aromatic nitrogens is 7. The Morgan fingerprint density at radius 2 is 2.13 bits per heavy atom. The maximum Gasteiger partial charge on any atom is 0.276 e. The van der Waals surface area contributed by atoms with Crippen LogP contribution in [0.25, 0.3) is 22.0 Å². The number of hydrogen-bond donors (Lipinski definition) is 3. The molecule has 0 spiro atoms. The molecule has 9 nitrogen and oxygen atoms in total. The summed E-state index contributed by atoms with van der Waals surface area (Å²) in [5, 5.41) is 23.7. The third-order valence-electron chi connectivity index (χ3n) is 4.31. The predicted molar refractivity (Wildman–Crippen MR) is 116 cm³/mol. The second-order valence-electron chi connectivity index (χ2n) is 6.18. The number of carbonyl (C=O) groups excluding carboxylic acids is 1. The molecule has 0 bridgehead atoms. The molecule has 1 aromatic carbocycles. The molecule has 0 saturated heterocycles. The van der Waals surface area contributed by atoms with Crippen molar-refractivity contribution >= 4 is 33.8 Å². The van der Waals surface area contributed by atoms with E-state index in [2.05, 4.69) is 35.8 Å². The topological polar surface area (TPSA) is 117 Å². The Bertz CT molecular complexity index is 1240. The summed E-state index contributed by atoms with van der Waals surface area (Å²) in [7, 11) is 0. The summed E-state index contributed by atoms with van der Waals surface area (Å²) in [5.74, 6) is -0.296. The van der Waals surface area contributed by atoms with Gasteiger partial charge >= 0.3 is 0 Å². The molecule has 4 heterocycles. The van der Waals surface area contributed by atoms with Crippen molar-refractivity contribution in [1.29, 1.82) is 0 Å². The molecule has 0 aliphatic carbocycles. The Labute approximate surface area is 176 Å². The van der Waals surface area contributed by atoms with Crippen molar-refractivity contribution < 1.29 is 4.79 Å². The fourth-order valence-electron chi connectivity index (χ4n) is 2.97. The molecule has 10 heteroatoms. The van der Waals surface area contributed by atoms with E-state index in [1.807, 2.05) is 43.6 Å². The fraction of sp³-hybridized carbons (Fsp3) is 0.150. The number of carbonyl (C=O) groups is 1. The van der Waals surface area contributed by atoms with Crippen LogP contribution in [0.2, 0.25) is 0 Å². The SMILES string of the molecule is CC.O=C(Nc1cnn(Cc2cscn2)c1)c1n[nH]c2cc(-c3cn[nH]c3)ccc12. The zero-order chi connectivity index (χ0) is 20.9. The van der Waals surface area contributed by atoms with E-state index in [1.165, 1.54) is 11.3 Å². The van der Waals surface area contributed by atoms with Gasteiger partial charge in [-0.3, -0.25) is 19.7 Å². The number of amides is 1. The van der Waals surface area contributed by atoms with Crippen molar-refractivity contribution in [3.63, 3.8) is 0 Å². The van der Waals surface area contributed by atoms with Crippen molar-refractivity contribution in [3.8, 4) is 11.1 Å². The number of hydrogen-bond acceptors (Lipinski definition) is 6. The zero-order valence-corrected chi connectivity index (χ0v) is 17.3. The molecule has 0 unspecified atom stereocenters. The van der Waals surface area contributed by atoms with Crippen LogP contribution in [0.1, 0.15) is 30.0 Å². The average Bonchev–Trinajstić information content (AvgIpc) is 3.56. The molecule has 1 amide bonds. The number of benzene rings is 1. The lowest BCUT2D eigenvalue weighted by molar-refractivity contribution is 0.102. The van der Waals surface area contributed by atoms with Gasteiger partial charge in [0.15, 0.2) is 5.69 Å². The summed E-state index contributed by atoms with van der Waals surface area (Å²) in [5.41, 5.74) is 6.38. The molecule has 0 atom stereocenters. The van der Waals surface area contributed by atoms with Crippen molar-refractivity contribution in [3.05, 3.63) is 65.3 Å². The molecule has 152 valence electrons. The molecule has 0 fully saturated rings. The van der Waals surface area contributed by atoms with Crippen molar-refractivity contribution in [1.82, 2.24) is 35.2 Å². The summed E-state index contributed by atoms with van der Waals surface area (Å²) in [4.78, 5) is 16.9. The molecule has 0 radical (unpaired) electrons. The first-order valence-corrected chi connectivity index (χ1v) is 10.4. The lowest BCUT2D eigenvalue weighted by Gasteiger charge is -2.01. The molecule has 3 N–H and O–H groups in total. The normalized spacial score (nSPS) is 10.6. The molecule has 0 saturated carbocycles. The molecule has 30 heavy (non-hydrogen) atoms. The molecule has 5 rings (SSSR count). The molecule has 4 aromatic heterocycles. The van der Waals surface area contributed by atoms with Gasteiger partial charge in [-0.2, -0.15) is 15.3 Å². The largest absolute Gasteiger partial charge is 0.318 e. The predicted octanol–water partition coefficient (Wildman–Crippen LogP) is 3.93. The highest BCUT2D eigenvalue weighted by Gasteiger charge is 2.16. The second kappa shape index (κ2) is 8.70. The average molecular weight is 421 g/mol. The quantitative estimate of drug-likeness (QED) is 0.398. The van der Waals surface area contributed by atoms with Gasteiger partial charge in [-0.25, -0.2) is 4.98 Å². The Balaban J connectivity index is 0.00000106. The van der Waals surface area contributed by atoms with Gasteiger partial charge in [0, 0.05) is 28.7 Å². The van der Waals surface area contributed by atoms with Gasteiger partial charge in [0.2, 0.25) is 0 Å². The van der Waals surface area contributed by atoms with E-state index in [9.17, 15) is 4.79 Å². The lowest BCUT2D eigenvalue weighted by atomic mass is 10.1. The Kier molecular flexibility index (Phi) is 5.66. The first kappa shape index (κ1) is 19.5. The standard InChI is InChI=1S/C18H14N8OS.C2H6/c27-18(23-13-6-22-26(7-13)8-14-9-28-10-19-14)17-15-2-1-11(3-16(15)24-25-17)12-4-20-21-5-12;1-2/h1-7,9-10H,8H2,(H,20,21)(H,23,27)(H,24,25);1-2H3. The van der Waals surface area contributed by atoms with Crippen LogP contribution < -0.4 is 5.32 Å². The van der Waals surface area contributed by atoms with Gasteiger partial charge in [-0.15, -0.1) is 11.3 Å². The minimum Gasteiger partial charge on any atom is -0.318 e. The molecule has 0 aliphatic rings. The van der Waals surface area contributed by atoms with Crippen LogP contribution in [0.4, 0.5) is 5.69 Å². The maximum absolute atomic E-state index is 12.7. The fourth-order valence-corrected chi connectivity index (χ4v) is 3.52. The van der Waals surface area contributed by atoms with E-state index in [0.29, 0.717) is 17.9 Å². The number of rotatable bonds is 5. The number of thiazole rings is 1. The summed E-state index contributed by atoms with van der Waals surface area (Å²) in [6, 6.07) is 5.75. The Morgan fingerprint density at radius 1 is 1.23 bits per heavy atom. The van der Waals surface area contributed by atoms with E-state index in [-0.39, 0.29) is 5.91 Å². The highest BCUT2D eigenvalue weighted by Crippen LogP contribution is 2.24. The van der Waals surface area contributed by atoms with E-state index < -0.39 is 0 Å². The Hall–Kier alpha value is -3.79. The molecular weight excluding hydrogens is 400 g/mol. The lowest BCUT2D eigenvalue weighted by Crippen LogP contribution is -2.12. The molecule has 5 aromatic rings. The van der Waals surface area contributed by atoms with Crippen molar-refractivity contribution in [2.75, 3.05) is 5.32 Å². The van der Waals surface area contributed by atoms with E-state index in [4.69, 9.17) is 0 Å². The van der Waals surface area contributed by atoms with Crippen LogP contribution in [0.3, 0.4) is 0 Å². The summed E-state index contributed by atoms with van der Waals surface area (Å²) in [6.07, 6.45) is 6.93. The van der Waals surface area contributed by atoms with Crippen LogP contribution >= 0.6 is 11.3 Å². The Morgan fingerprint density at radius 3 is 2.90 bits per heavy atom. The smallest absolute Gasteiger partial charge is 0.276 e. The maximum atomic E-state index is 12.7. The van der Waals surface area contributed by atoms with E-state index in [0.717, 1.165) is 27.7 Å².